The number of amides is 1. The molecule has 1 aliphatic heterocycles. The maximum Gasteiger partial charge on any atom is 0.254 e. The highest BCUT2D eigenvalue weighted by Gasteiger charge is 2.29. The van der Waals surface area contributed by atoms with Crippen molar-refractivity contribution in [2.75, 3.05) is 29.1 Å². The van der Waals surface area contributed by atoms with Crippen LogP contribution < -0.4 is 15.5 Å². The minimum absolute atomic E-state index is 0.0743. The van der Waals surface area contributed by atoms with Crippen LogP contribution >= 0.6 is 0 Å². The van der Waals surface area contributed by atoms with Crippen molar-refractivity contribution >= 4 is 95.9 Å². The molecular formula is C50H38N4O2. The summed E-state index contributed by atoms with van der Waals surface area (Å²) in [5.41, 5.74) is 18.8. The molecule has 0 saturated heterocycles. The molecule has 3 aliphatic rings. The third-order valence-corrected chi connectivity index (χ3v) is 11.9. The molecule has 3 bridgehead atoms. The molecule has 2 aliphatic carbocycles. The van der Waals surface area contributed by atoms with Gasteiger partial charge in [-0.25, -0.2) is 0 Å². The van der Waals surface area contributed by atoms with Gasteiger partial charge in [-0.3, -0.25) is 14.6 Å². The number of carbonyl (C=O) groups is 2. The largest absolute Gasteiger partial charge is 0.397 e. The van der Waals surface area contributed by atoms with Crippen LogP contribution in [0.3, 0.4) is 0 Å². The number of hydrogen-bond acceptors (Lipinski definition) is 5. The number of aliphatic imine (C=N–C) groups is 1. The summed E-state index contributed by atoms with van der Waals surface area (Å²) in [5, 5.41) is 9.05. The van der Waals surface area contributed by atoms with E-state index in [2.05, 4.69) is 83.4 Å². The topological polar surface area (TPSA) is 79.0 Å². The van der Waals surface area contributed by atoms with Crippen LogP contribution in [0, 0.1) is 0 Å². The number of hydrogen-bond donors (Lipinski definition) is 1. The second-order valence-electron chi connectivity index (χ2n) is 15.1. The summed E-state index contributed by atoms with van der Waals surface area (Å²) in [6.45, 7) is 6.65. The quantitative estimate of drug-likeness (QED) is 0.0608. The first-order chi connectivity index (χ1) is 27.3. The van der Waals surface area contributed by atoms with Crippen LogP contribution in [0.15, 0.2) is 149 Å². The van der Waals surface area contributed by atoms with E-state index >= 15 is 0 Å². The fourth-order valence-electron chi connectivity index (χ4n) is 9.27. The normalized spacial score (nSPS) is 17.1. The molecule has 0 fully saturated rings. The number of nitrogens with zero attached hydrogens (tertiary/aromatic N) is 3. The van der Waals surface area contributed by atoms with Crippen molar-refractivity contribution in [2.24, 2.45) is 4.99 Å². The highest BCUT2D eigenvalue weighted by Crippen LogP contribution is 2.50. The van der Waals surface area contributed by atoms with Gasteiger partial charge in [0.25, 0.3) is 5.91 Å². The van der Waals surface area contributed by atoms with E-state index < -0.39 is 0 Å². The molecule has 0 saturated carbocycles. The van der Waals surface area contributed by atoms with Gasteiger partial charge in [0, 0.05) is 24.7 Å². The average Bonchev–Trinajstić information content (AvgIpc) is 3.51. The average molecular weight is 727 g/mol. The molecule has 7 aromatic rings. The van der Waals surface area contributed by atoms with Gasteiger partial charge in [0.05, 0.1) is 29.3 Å². The van der Waals surface area contributed by atoms with E-state index in [-0.39, 0.29) is 5.91 Å². The smallest absolute Gasteiger partial charge is 0.254 e. The molecule has 0 unspecified atom stereocenters. The third kappa shape index (κ3) is 4.99. The van der Waals surface area contributed by atoms with E-state index in [1.807, 2.05) is 79.5 Å². The highest BCUT2D eigenvalue weighted by atomic mass is 16.2. The Balaban J connectivity index is 1.21. The Kier molecular flexibility index (Phi) is 7.65. The number of rotatable bonds is 6. The van der Waals surface area contributed by atoms with E-state index in [4.69, 9.17) is 5.73 Å². The number of fused-ring (bicyclic) bond motifs is 6. The van der Waals surface area contributed by atoms with Crippen LogP contribution in [0.5, 0.6) is 0 Å². The van der Waals surface area contributed by atoms with Gasteiger partial charge in [-0.05, 0) is 126 Å². The fraction of sp³-hybridized carbons (Fsp3) is 0.100. The van der Waals surface area contributed by atoms with Crippen LogP contribution in [0.1, 0.15) is 40.4 Å². The molecule has 10 rings (SSSR count). The molecule has 0 radical (unpaired) electrons. The van der Waals surface area contributed by atoms with Crippen LogP contribution in [0.2, 0.25) is 0 Å². The molecular weight excluding hydrogens is 689 g/mol. The second kappa shape index (κ2) is 12.8. The second-order valence-corrected chi connectivity index (χ2v) is 15.1. The molecule has 2 N–H and O–H groups in total. The standard InChI is InChI=1S/C50H38N4O2/c1-29-12-17-35-34-24-30(26-54(50(29)56)45-11-7-5-9-43(45)52-2)13-14-31(25-34)36-20-21-40-39-19-16-33(28-55)46-32(27-53(3)44-10-6-4-8-42(44)51)15-18-38(48(39)46)41-23-22-37(35)47(36)49(40)41/h4-24,28H,2,25-27,51H2,1,3H3/b29-12+,35-17+. The van der Waals surface area contributed by atoms with Crippen molar-refractivity contribution in [2.45, 2.75) is 19.9 Å². The summed E-state index contributed by atoms with van der Waals surface area (Å²) < 4.78 is 0. The molecule has 7 aromatic carbocycles. The molecule has 6 nitrogen and oxygen atoms in total. The van der Waals surface area contributed by atoms with Crippen LogP contribution in [-0.4, -0.2) is 32.5 Å². The lowest BCUT2D eigenvalue weighted by molar-refractivity contribution is -0.115. The zero-order valence-corrected chi connectivity index (χ0v) is 31.3. The molecule has 1 amide bonds. The van der Waals surface area contributed by atoms with Crippen molar-refractivity contribution in [3.63, 3.8) is 0 Å². The van der Waals surface area contributed by atoms with Crippen molar-refractivity contribution < 1.29 is 9.59 Å². The number of benzene rings is 7. The molecule has 0 atom stereocenters. The predicted molar refractivity (Wildman–Crippen MR) is 234 cm³/mol. The van der Waals surface area contributed by atoms with Crippen molar-refractivity contribution in [3.8, 4) is 0 Å². The fourth-order valence-corrected chi connectivity index (χ4v) is 9.27. The summed E-state index contributed by atoms with van der Waals surface area (Å²) >= 11 is 0. The lowest BCUT2D eigenvalue weighted by Gasteiger charge is -2.26. The van der Waals surface area contributed by atoms with E-state index in [9.17, 15) is 9.59 Å². The monoisotopic (exact) mass is 726 g/mol. The van der Waals surface area contributed by atoms with Gasteiger partial charge in [0.15, 0.2) is 6.29 Å². The lowest BCUT2D eigenvalue weighted by atomic mass is 9.83. The van der Waals surface area contributed by atoms with Crippen molar-refractivity contribution in [1.29, 1.82) is 0 Å². The summed E-state index contributed by atoms with van der Waals surface area (Å²) in [5.74, 6) is -0.0743. The van der Waals surface area contributed by atoms with Gasteiger partial charge in [-0.15, -0.1) is 0 Å². The molecule has 270 valence electrons. The molecule has 6 heteroatoms. The van der Waals surface area contributed by atoms with Gasteiger partial charge < -0.3 is 15.5 Å². The zero-order chi connectivity index (χ0) is 38.2. The number of anilines is 3. The summed E-state index contributed by atoms with van der Waals surface area (Å²) in [6, 6.07) is 33.1. The number of nitrogen functional groups attached to an aromatic ring is 1. The van der Waals surface area contributed by atoms with Crippen molar-refractivity contribution in [1.82, 2.24) is 0 Å². The van der Waals surface area contributed by atoms with E-state index in [1.165, 1.54) is 27.5 Å². The van der Waals surface area contributed by atoms with Crippen LogP contribution in [0.4, 0.5) is 22.7 Å². The maximum atomic E-state index is 14.2. The van der Waals surface area contributed by atoms with Gasteiger partial charge in [0.1, 0.15) is 0 Å². The van der Waals surface area contributed by atoms with Crippen molar-refractivity contribution in [3.05, 3.63) is 166 Å². The first-order valence-electron chi connectivity index (χ1n) is 18.9. The first kappa shape index (κ1) is 33.5. The minimum Gasteiger partial charge on any atom is -0.397 e. The lowest BCUT2D eigenvalue weighted by Crippen LogP contribution is -2.33. The van der Waals surface area contributed by atoms with Gasteiger partial charge >= 0.3 is 0 Å². The Bertz CT molecular complexity index is 3030. The number of allylic oxidation sites excluding steroid dienone is 7. The predicted octanol–water partition coefficient (Wildman–Crippen LogP) is 11.1. The van der Waals surface area contributed by atoms with Crippen LogP contribution in [-0.2, 0) is 11.3 Å². The Hall–Kier alpha value is -7.05. The maximum absolute atomic E-state index is 14.2. The van der Waals surface area contributed by atoms with E-state index in [0.29, 0.717) is 35.6 Å². The zero-order valence-electron chi connectivity index (χ0n) is 31.3. The number of para-hydroxylation sites is 4. The third-order valence-electron chi connectivity index (χ3n) is 11.9. The first-order valence-corrected chi connectivity index (χ1v) is 18.9. The molecule has 0 spiro atoms. The SMILES string of the molecule is C=Nc1ccccc1N1CC2=CC=C3CC(=C2)/C(=C\C=C(/C)C1=O)c1ccc2c4ccc(CN(C)c5ccccc5N)c5c(C=O)ccc(c6ccc3c1c62)c54. The molecule has 56 heavy (non-hydrogen) atoms. The van der Waals surface area contributed by atoms with Gasteiger partial charge in [-0.2, -0.15) is 0 Å². The van der Waals surface area contributed by atoms with Gasteiger partial charge in [0.2, 0.25) is 0 Å². The number of nitrogens with two attached hydrogens (primary N) is 1. The number of carbonyl (C=O) groups excluding carboxylic acids is 2. The molecule has 1 heterocycles. The van der Waals surface area contributed by atoms with Gasteiger partial charge in [-0.1, -0.05) is 103 Å². The minimum atomic E-state index is -0.0743. The van der Waals surface area contributed by atoms with Crippen LogP contribution in [0.25, 0.3) is 54.2 Å². The Labute approximate surface area is 324 Å². The van der Waals surface area contributed by atoms with E-state index in [1.54, 1.807) is 0 Å². The summed E-state index contributed by atoms with van der Waals surface area (Å²) in [6.07, 6.45) is 12.5. The highest BCUT2D eigenvalue weighted by molar-refractivity contribution is 6.36. The Morgan fingerprint density at radius 1 is 0.768 bits per heavy atom. The molecule has 0 aromatic heterocycles. The summed E-state index contributed by atoms with van der Waals surface area (Å²) in [7, 11) is 2.04. The Morgan fingerprint density at radius 2 is 1.46 bits per heavy atom. The summed E-state index contributed by atoms with van der Waals surface area (Å²) in [4.78, 5) is 35.1. The number of aldehydes is 1. The van der Waals surface area contributed by atoms with E-state index in [0.717, 1.165) is 78.7 Å². The Morgan fingerprint density at radius 3 is 2.23 bits per heavy atom.